The molecule has 8 aromatic carbocycles. The topological polar surface area (TPSA) is 155 Å². The molecule has 0 amide bonds. The molecule has 316 valence electrons. The molecule has 0 aliphatic heterocycles. The Kier molecular flexibility index (Phi) is 8.95. The Hall–Kier alpha value is -8.46. The maximum atomic E-state index is 14.3. The Morgan fingerprint density at radius 2 is 0.758 bits per heavy atom. The molecule has 12 aromatic rings. The van der Waals surface area contributed by atoms with Gasteiger partial charge in [-0.25, -0.2) is 28.7 Å². The zero-order valence-corrected chi connectivity index (χ0v) is 35.8. The SMILES string of the molecule is O=C(OCc1ccccc1)n1c(N=c2c(=O)c3cc4ccccc4cc3c2=O)cc2sc3c(sc4cc(N=c5c(=O)c6cc7ccccc7cc6c5=O)n(C(=O)OCc5ccccc5)c43)c21. The minimum absolute atomic E-state index is 0.00563. The lowest BCUT2D eigenvalue weighted by Gasteiger charge is -2.08. The van der Waals surface area contributed by atoms with Crippen LogP contribution in [0.4, 0.5) is 21.2 Å². The lowest BCUT2D eigenvalue weighted by Crippen LogP contribution is -2.31. The lowest BCUT2D eigenvalue weighted by molar-refractivity contribution is 0.142. The third-order valence-electron chi connectivity index (χ3n) is 11.8. The number of carbonyl (C=O) groups is 2. The first-order chi connectivity index (χ1) is 32.2. The molecule has 0 unspecified atom stereocenters. The number of hydrogen-bond donors (Lipinski definition) is 0. The predicted molar refractivity (Wildman–Crippen MR) is 258 cm³/mol. The van der Waals surface area contributed by atoms with Crippen LogP contribution in [0.2, 0.25) is 0 Å². The van der Waals surface area contributed by atoms with Crippen molar-refractivity contribution in [1.29, 1.82) is 0 Å². The van der Waals surface area contributed by atoms with Gasteiger partial charge in [0, 0.05) is 33.7 Å². The van der Waals surface area contributed by atoms with Crippen molar-refractivity contribution in [3.05, 3.63) is 208 Å². The predicted octanol–water partition coefficient (Wildman–Crippen LogP) is 9.51. The molecule has 0 atom stereocenters. The van der Waals surface area contributed by atoms with Crippen molar-refractivity contribution in [2.45, 2.75) is 13.2 Å². The maximum absolute atomic E-state index is 14.3. The Morgan fingerprint density at radius 3 is 1.09 bits per heavy atom. The van der Waals surface area contributed by atoms with Gasteiger partial charge >= 0.3 is 12.2 Å². The van der Waals surface area contributed by atoms with Crippen molar-refractivity contribution in [2.24, 2.45) is 9.98 Å². The monoisotopic (exact) mass is 900 g/mol. The summed E-state index contributed by atoms with van der Waals surface area (Å²) in [4.78, 5) is 93.4. The van der Waals surface area contributed by atoms with E-state index in [9.17, 15) is 28.8 Å². The molecule has 12 rings (SSSR count). The number of carbonyl (C=O) groups excluding carboxylic acids is 2. The van der Waals surface area contributed by atoms with Gasteiger partial charge in [-0.05, 0) is 56.9 Å². The molecule has 12 nitrogen and oxygen atoms in total. The highest BCUT2D eigenvalue weighted by molar-refractivity contribution is 7.36. The van der Waals surface area contributed by atoms with Crippen LogP contribution in [-0.2, 0) is 22.7 Å². The van der Waals surface area contributed by atoms with E-state index in [0.29, 0.717) is 29.8 Å². The van der Waals surface area contributed by atoms with Crippen molar-refractivity contribution in [1.82, 2.24) is 9.13 Å². The van der Waals surface area contributed by atoms with Gasteiger partial charge in [0.1, 0.15) is 24.8 Å². The Bertz CT molecular complexity index is 3950. The van der Waals surface area contributed by atoms with Crippen LogP contribution < -0.4 is 32.4 Å². The maximum Gasteiger partial charge on any atom is 0.420 e. The number of nitrogens with zero attached hydrogens (tertiary/aromatic N) is 4. The highest BCUT2D eigenvalue weighted by atomic mass is 32.1. The van der Waals surface area contributed by atoms with E-state index in [1.54, 1.807) is 36.4 Å². The standard InChI is InChI=1S/C52H28N4O8S2/c57-45-33-19-29-15-7-8-16-30(29)20-34(33)46(58)41(45)53-39-23-37-43(55(39)51(61)63-25-27-11-3-1-4-12-27)49-50(65-37)44-38(66-49)24-40(56(44)52(62)64-26-28-13-5-2-6-14-28)54-42-47(59)35-21-31-17-9-10-18-32(31)22-36(35)48(42)60/h1-24H,25-26H2. The molecule has 0 saturated heterocycles. The largest absolute Gasteiger partial charge is 0.444 e. The number of aromatic nitrogens is 2. The quantitative estimate of drug-likeness (QED) is 0.160. The number of benzene rings is 6. The van der Waals surface area contributed by atoms with Gasteiger partial charge in [-0.1, -0.05) is 109 Å². The van der Waals surface area contributed by atoms with Crippen LogP contribution in [0.5, 0.6) is 0 Å². The van der Waals surface area contributed by atoms with Crippen LogP contribution in [0.3, 0.4) is 0 Å². The van der Waals surface area contributed by atoms with E-state index in [2.05, 4.69) is 9.98 Å². The molecule has 0 N–H and O–H groups in total. The smallest absolute Gasteiger partial charge is 0.420 e. The van der Waals surface area contributed by atoms with E-state index in [1.165, 1.54) is 31.8 Å². The molecule has 66 heavy (non-hydrogen) atoms. The van der Waals surface area contributed by atoms with Gasteiger partial charge in [0.25, 0.3) is 0 Å². The minimum atomic E-state index is -0.810. The second-order valence-electron chi connectivity index (χ2n) is 15.8. The summed E-state index contributed by atoms with van der Waals surface area (Å²) in [5, 5.41) is 3.41. The van der Waals surface area contributed by atoms with Crippen molar-refractivity contribution in [2.75, 3.05) is 0 Å². The first kappa shape index (κ1) is 39.2. The fraction of sp³-hybridized carbons (Fsp3) is 0.0385. The highest BCUT2D eigenvalue weighted by Crippen LogP contribution is 2.48. The molecular weight excluding hydrogens is 873 g/mol. The van der Waals surface area contributed by atoms with Crippen molar-refractivity contribution in [3.8, 4) is 0 Å². The summed E-state index contributed by atoms with van der Waals surface area (Å²) in [5.41, 5.74) is -0.00932. The van der Waals surface area contributed by atoms with Gasteiger partial charge in [-0.15, -0.1) is 22.7 Å². The second-order valence-corrected chi connectivity index (χ2v) is 17.9. The van der Waals surface area contributed by atoms with Crippen LogP contribution in [0.1, 0.15) is 11.1 Å². The third kappa shape index (κ3) is 6.18. The summed E-state index contributed by atoms with van der Waals surface area (Å²) in [7, 11) is 0. The molecule has 0 saturated carbocycles. The van der Waals surface area contributed by atoms with E-state index in [4.69, 9.17) is 9.47 Å². The zero-order chi connectivity index (χ0) is 44.8. The summed E-state index contributed by atoms with van der Waals surface area (Å²) in [6.07, 6.45) is -1.62. The highest BCUT2D eigenvalue weighted by Gasteiger charge is 2.28. The van der Waals surface area contributed by atoms with Crippen LogP contribution in [-0.4, -0.2) is 21.3 Å². The van der Waals surface area contributed by atoms with E-state index < -0.39 is 33.9 Å². The number of hydrogen-bond acceptors (Lipinski definition) is 12. The first-order valence-corrected chi connectivity index (χ1v) is 22.3. The molecule has 14 heteroatoms. The normalized spacial score (nSPS) is 11.8. The molecular formula is C52H28N4O8S2. The summed E-state index contributed by atoms with van der Waals surface area (Å²) in [5.74, 6) is 0.0113. The van der Waals surface area contributed by atoms with Crippen molar-refractivity contribution < 1.29 is 19.1 Å². The number of ether oxygens (including phenoxy) is 2. The van der Waals surface area contributed by atoms with Crippen LogP contribution >= 0.6 is 22.7 Å². The van der Waals surface area contributed by atoms with E-state index in [1.807, 2.05) is 109 Å². The van der Waals surface area contributed by atoms with Gasteiger partial charge in [0.05, 0.1) is 29.8 Å². The summed E-state index contributed by atoms with van der Waals surface area (Å²) >= 11 is 2.48. The molecule has 0 aliphatic rings. The number of thiophene rings is 2. The first-order valence-electron chi connectivity index (χ1n) is 20.7. The van der Waals surface area contributed by atoms with Crippen molar-refractivity contribution in [3.63, 3.8) is 0 Å². The minimum Gasteiger partial charge on any atom is -0.444 e. The lowest BCUT2D eigenvalue weighted by atomic mass is 10.1. The average molecular weight is 901 g/mol. The van der Waals surface area contributed by atoms with Gasteiger partial charge < -0.3 is 9.47 Å². The molecule has 0 radical (unpaired) electrons. The van der Waals surface area contributed by atoms with Crippen LogP contribution in [0.15, 0.2) is 175 Å². The molecule has 4 aromatic heterocycles. The van der Waals surface area contributed by atoms with Gasteiger partial charge in [0.2, 0.25) is 21.7 Å². The summed E-state index contributed by atoms with van der Waals surface area (Å²) in [6.45, 7) is -0.158. The van der Waals surface area contributed by atoms with Gasteiger partial charge in [-0.3, -0.25) is 19.2 Å². The fourth-order valence-electron chi connectivity index (χ4n) is 8.64. The number of rotatable bonds is 6. The molecule has 0 fully saturated rings. The summed E-state index contributed by atoms with van der Waals surface area (Å²) < 4.78 is 16.4. The molecule has 4 heterocycles. The number of fused-ring (bicyclic) bond motifs is 9. The Morgan fingerprint density at radius 1 is 0.439 bits per heavy atom. The molecule has 0 aliphatic carbocycles. The second kappa shape index (κ2) is 15.1. The third-order valence-corrected chi connectivity index (χ3v) is 14.2. The van der Waals surface area contributed by atoms with E-state index in [-0.39, 0.29) is 57.1 Å². The van der Waals surface area contributed by atoms with E-state index >= 15 is 0 Å². The Balaban J connectivity index is 1.07. The Labute approximate surface area is 377 Å². The summed E-state index contributed by atoms with van der Waals surface area (Å²) in [6, 6.07) is 43.0. The average Bonchev–Trinajstić information content (AvgIpc) is 4.15. The van der Waals surface area contributed by atoms with E-state index in [0.717, 1.165) is 32.7 Å². The van der Waals surface area contributed by atoms with Crippen LogP contribution in [0.25, 0.3) is 72.9 Å². The van der Waals surface area contributed by atoms with Crippen molar-refractivity contribution >= 4 is 119 Å². The molecule has 0 bridgehead atoms. The fourth-order valence-corrected chi connectivity index (χ4v) is 11.3. The van der Waals surface area contributed by atoms with Gasteiger partial charge in [-0.2, -0.15) is 0 Å². The van der Waals surface area contributed by atoms with Gasteiger partial charge in [0.15, 0.2) is 10.7 Å². The molecule has 0 spiro atoms. The van der Waals surface area contributed by atoms with Crippen LogP contribution in [0, 0.1) is 0 Å². The zero-order valence-electron chi connectivity index (χ0n) is 34.1.